The SMILES string of the molecule is CC(C)(C)Sc1ccccc1C(=N)N. The number of nitrogen functional groups attached to an aromatic ring is 1. The number of amidine groups is 1. The second-order valence-electron chi connectivity index (χ2n) is 4.12. The molecule has 1 rings (SSSR count). The summed E-state index contributed by atoms with van der Waals surface area (Å²) >= 11 is 1.73. The third-order valence-electron chi connectivity index (χ3n) is 1.59. The topological polar surface area (TPSA) is 49.9 Å². The van der Waals surface area contributed by atoms with Gasteiger partial charge in [0.15, 0.2) is 0 Å². The van der Waals surface area contributed by atoms with E-state index in [1.807, 2.05) is 24.3 Å². The van der Waals surface area contributed by atoms with Crippen molar-refractivity contribution >= 4 is 17.6 Å². The van der Waals surface area contributed by atoms with Crippen LogP contribution >= 0.6 is 11.8 Å². The third-order valence-corrected chi connectivity index (χ3v) is 2.78. The Labute approximate surface area is 89.4 Å². The lowest BCUT2D eigenvalue weighted by Crippen LogP contribution is -2.14. The predicted octanol–water partition coefficient (Wildman–Crippen LogP) is 2.86. The minimum absolute atomic E-state index is 0.136. The van der Waals surface area contributed by atoms with Crippen LogP contribution in [0.25, 0.3) is 0 Å². The number of thioether (sulfide) groups is 1. The van der Waals surface area contributed by atoms with Gasteiger partial charge in [0.25, 0.3) is 0 Å². The highest BCUT2D eigenvalue weighted by molar-refractivity contribution is 8.00. The molecule has 0 radical (unpaired) electrons. The van der Waals surface area contributed by atoms with Crippen molar-refractivity contribution in [2.75, 3.05) is 0 Å². The molecule has 76 valence electrons. The Hall–Kier alpha value is -0.960. The van der Waals surface area contributed by atoms with Crippen molar-refractivity contribution in [3.63, 3.8) is 0 Å². The zero-order chi connectivity index (χ0) is 10.8. The molecule has 0 unspecified atom stereocenters. The molecule has 0 aliphatic heterocycles. The molecule has 0 aliphatic rings. The first-order valence-corrected chi connectivity index (χ1v) is 5.34. The zero-order valence-electron chi connectivity index (χ0n) is 8.79. The van der Waals surface area contributed by atoms with Crippen molar-refractivity contribution in [2.45, 2.75) is 30.4 Å². The van der Waals surface area contributed by atoms with Crippen molar-refractivity contribution in [2.24, 2.45) is 5.73 Å². The molecule has 2 nitrogen and oxygen atoms in total. The molecule has 0 saturated heterocycles. The summed E-state index contributed by atoms with van der Waals surface area (Å²) in [4.78, 5) is 1.08. The molecule has 3 N–H and O–H groups in total. The van der Waals surface area contributed by atoms with Crippen molar-refractivity contribution in [1.82, 2.24) is 0 Å². The van der Waals surface area contributed by atoms with Crippen molar-refractivity contribution in [3.8, 4) is 0 Å². The number of hydrogen-bond donors (Lipinski definition) is 2. The maximum atomic E-state index is 7.45. The summed E-state index contributed by atoms with van der Waals surface area (Å²) in [5, 5.41) is 7.45. The molecule has 0 amide bonds. The van der Waals surface area contributed by atoms with E-state index in [-0.39, 0.29) is 10.6 Å². The van der Waals surface area contributed by atoms with Crippen LogP contribution in [0, 0.1) is 5.41 Å². The Morgan fingerprint density at radius 1 is 1.29 bits per heavy atom. The molecule has 0 spiro atoms. The first-order chi connectivity index (χ1) is 6.40. The van der Waals surface area contributed by atoms with Crippen LogP contribution in [0.15, 0.2) is 29.2 Å². The van der Waals surface area contributed by atoms with Crippen LogP contribution in [0.4, 0.5) is 0 Å². The lowest BCUT2D eigenvalue weighted by atomic mass is 10.2. The summed E-state index contributed by atoms with van der Waals surface area (Å²) in [6, 6.07) is 7.77. The second-order valence-corrected chi connectivity index (χ2v) is 5.99. The molecule has 3 heteroatoms. The number of benzene rings is 1. The van der Waals surface area contributed by atoms with Gasteiger partial charge in [-0.05, 0) is 6.07 Å². The van der Waals surface area contributed by atoms with Crippen LogP contribution < -0.4 is 5.73 Å². The van der Waals surface area contributed by atoms with E-state index in [9.17, 15) is 0 Å². The van der Waals surface area contributed by atoms with Gasteiger partial charge in [0, 0.05) is 15.2 Å². The first kappa shape index (κ1) is 11.1. The van der Waals surface area contributed by atoms with Crippen LogP contribution in [0.1, 0.15) is 26.3 Å². The fraction of sp³-hybridized carbons (Fsp3) is 0.364. The Morgan fingerprint density at radius 3 is 2.36 bits per heavy atom. The van der Waals surface area contributed by atoms with Crippen LogP contribution in [0.5, 0.6) is 0 Å². The minimum atomic E-state index is 0.136. The molecule has 1 aromatic rings. The van der Waals surface area contributed by atoms with Crippen molar-refractivity contribution in [3.05, 3.63) is 29.8 Å². The second kappa shape index (κ2) is 4.05. The van der Waals surface area contributed by atoms with Gasteiger partial charge in [-0.2, -0.15) is 0 Å². The molecule has 14 heavy (non-hydrogen) atoms. The number of nitrogens with two attached hydrogens (primary N) is 1. The molecule has 0 bridgehead atoms. The standard InChI is InChI=1S/C11H16N2S/c1-11(2,3)14-9-7-5-4-6-8(9)10(12)13/h4-7H,1-3H3,(H3,12,13). The van der Waals surface area contributed by atoms with E-state index in [0.717, 1.165) is 10.5 Å². The summed E-state index contributed by atoms with van der Waals surface area (Å²) < 4.78 is 0.144. The Morgan fingerprint density at radius 2 is 1.86 bits per heavy atom. The van der Waals surface area contributed by atoms with Crippen molar-refractivity contribution < 1.29 is 0 Å². The summed E-state index contributed by atoms with van der Waals surface area (Å²) in [5.41, 5.74) is 6.33. The first-order valence-electron chi connectivity index (χ1n) is 4.52. The Balaban J connectivity index is 3.02. The monoisotopic (exact) mass is 208 g/mol. The van der Waals surface area contributed by atoms with Gasteiger partial charge in [0.1, 0.15) is 5.84 Å². The van der Waals surface area contributed by atoms with E-state index >= 15 is 0 Å². The molecular weight excluding hydrogens is 192 g/mol. The molecule has 0 atom stereocenters. The fourth-order valence-corrected chi connectivity index (χ4v) is 2.20. The summed E-state index contributed by atoms with van der Waals surface area (Å²) in [7, 11) is 0. The van der Waals surface area contributed by atoms with Gasteiger partial charge in [-0.15, -0.1) is 11.8 Å². The van der Waals surface area contributed by atoms with E-state index < -0.39 is 0 Å². The van der Waals surface area contributed by atoms with E-state index in [1.54, 1.807) is 11.8 Å². The summed E-state index contributed by atoms with van der Waals surface area (Å²) in [5.74, 6) is 0.136. The van der Waals surface area contributed by atoms with Crippen LogP contribution in [-0.2, 0) is 0 Å². The number of nitrogens with one attached hydrogen (secondary N) is 1. The summed E-state index contributed by atoms with van der Waals surface area (Å²) in [6.07, 6.45) is 0. The zero-order valence-corrected chi connectivity index (χ0v) is 9.61. The Bertz CT molecular complexity index is 339. The van der Waals surface area contributed by atoms with Gasteiger partial charge in [0.05, 0.1) is 0 Å². The van der Waals surface area contributed by atoms with Gasteiger partial charge in [-0.3, -0.25) is 5.41 Å². The quantitative estimate of drug-likeness (QED) is 0.446. The highest BCUT2D eigenvalue weighted by Gasteiger charge is 2.15. The van der Waals surface area contributed by atoms with E-state index in [1.165, 1.54) is 0 Å². The number of rotatable bonds is 2. The minimum Gasteiger partial charge on any atom is -0.384 e. The van der Waals surface area contributed by atoms with Gasteiger partial charge in [0.2, 0.25) is 0 Å². The average Bonchev–Trinajstić information content (AvgIpc) is 2.01. The lowest BCUT2D eigenvalue weighted by molar-refractivity contribution is 0.802. The maximum Gasteiger partial charge on any atom is 0.123 e. The lowest BCUT2D eigenvalue weighted by Gasteiger charge is -2.19. The highest BCUT2D eigenvalue weighted by Crippen LogP contribution is 2.33. The predicted molar refractivity (Wildman–Crippen MR) is 63.1 cm³/mol. The molecule has 0 saturated carbocycles. The normalized spacial score (nSPS) is 11.4. The van der Waals surface area contributed by atoms with Crippen LogP contribution in [-0.4, -0.2) is 10.6 Å². The smallest absolute Gasteiger partial charge is 0.123 e. The maximum absolute atomic E-state index is 7.45. The molecule has 0 aromatic heterocycles. The average molecular weight is 208 g/mol. The molecule has 0 heterocycles. The third kappa shape index (κ3) is 3.07. The highest BCUT2D eigenvalue weighted by atomic mass is 32.2. The molecule has 0 aliphatic carbocycles. The molecule has 0 fully saturated rings. The van der Waals surface area contributed by atoms with Gasteiger partial charge < -0.3 is 5.73 Å². The fourth-order valence-electron chi connectivity index (χ4n) is 1.11. The van der Waals surface area contributed by atoms with E-state index in [2.05, 4.69) is 20.8 Å². The van der Waals surface area contributed by atoms with Gasteiger partial charge in [-0.25, -0.2) is 0 Å². The largest absolute Gasteiger partial charge is 0.384 e. The number of hydrogen-bond acceptors (Lipinski definition) is 2. The van der Waals surface area contributed by atoms with Gasteiger partial charge >= 0.3 is 0 Å². The molecular formula is C11H16N2S. The van der Waals surface area contributed by atoms with Crippen LogP contribution in [0.3, 0.4) is 0 Å². The van der Waals surface area contributed by atoms with Gasteiger partial charge in [-0.1, -0.05) is 39.0 Å². The van der Waals surface area contributed by atoms with Crippen LogP contribution in [0.2, 0.25) is 0 Å². The van der Waals surface area contributed by atoms with E-state index in [0.29, 0.717) is 0 Å². The Kier molecular flexibility index (Phi) is 3.21. The molecule has 1 aromatic carbocycles. The summed E-state index contributed by atoms with van der Waals surface area (Å²) in [6.45, 7) is 6.44. The van der Waals surface area contributed by atoms with E-state index in [4.69, 9.17) is 11.1 Å². The van der Waals surface area contributed by atoms with Crippen molar-refractivity contribution in [1.29, 1.82) is 5.41 Å².